The second kappa shape index (κ2) is 9.74. The van der Waals surface area contributed by atoms with E-state index >= 15 is 0 Å². The zero-order chi connectivity index (χ0) is 24.4. The smallest absolute Gasteiger partial charge is 0.270 e. The normalized spacial score (nSPS) is 15.3. The van der Waals surface area contributed by atoms with Crippen LogP contribution in [0.4, 0.5) is 17.1 Å². The lowest BCUT2D eigenvalue weighted by atomic mass is 10.1. The molecular formula is C24H20ClN3O5S. The van der Waals surface area contributed by atoms with Crippen LogP contribution in [-0.4, -0.2) is 29.6 Å². The van der Waals surface area contributed by atoms with E-state index in [1.807, 2.05) is 37.3 Å². The largest absolute Gasteiger partial charge is 0.495 e. The van der Waals surface area contributed by atoms with Gasteiger partial charge in [0.25, 0.3) is 11.6 Å². The first-order chi connectivity index (χ1) is 16.3. The first kappa shape index (κ1) is 23.6. The minimum atomic E-state index is -0.576. The fourth-order valence-electron chi connectivity index (χ4n) is 3.65. The zero-order valence-electron chi connectivity index (χ0n) is 18.3. The number of nitro groups is 1. The summed E-state index contributed by atoms with van der Waals surface area (Å²) in [5, 5.41) is 13.4. The Labute approximate surface area is 205 Å². The molecule has 0 spiro atoms. The molecule has 1 aliphatic rings. The molecule has 1 unspecified atom stereocenters. The van der Waals surface area contributed by atoms with Crippen molar-refractivity contribution in [3.05, 3.63) is 92.5 Å². The van der Waals surface area contributed by atoms with E-state index in [1.165, 1.54) is 23.9 Å². The molecular weight excluding hydrogens is 478 g/mol. The van der Waals surface area contributed by atoms with Gasteiger partial charge < -0.3 is 10.1 Å². The molecule has 0 saturated carbocycles. The van der Waals surface area contributed by atoms with Crippen LogP contribution in [0.15, 0.2) is 60.7 Å². The van der Waals surface area contributed by atoms with Crippen molar-refractivity contribution in [1.82, 2.24) is 0 Å². The zero-order valence-corrected chi connectivity index (χ0v) is 19.9. The van der Waals surface area contributed by atoms with Crippen LogP contribution in [0.3, 0.4) is 0 Å². The Morgan fingerprint density at radius 3 is 2.56 bits per heavy atom. The number of ether oxygens (including phenoxy) is 1. The number of methoxy groups -OCH3 is 1. The van der Waals surface area contributed by atoms with Crippen LogP contribution in [0, 0.1) is 17.0 Å². The van der Waals surface area contributed by atoms with Gasteiger partial charge in [0.15, 0.2) is 0 Å². The van der Waals surface area contributed by atoms with Crippen molar-refractivity contribution in [2.75, 3.05) is 23.1 Å². The molecule has 1 N–H and O–H groups in total. The Morgan fingerprint density at radius 1 is 1.18 bits per heavy atom. The Bertz CT molecular complexity index is 1280. The van der Waals surface area contributed by atoms with Gasteiger partial charge in [-0.05, 0) is 48.4 Å². The van der Waals surface area contributed by atoms with Crippen molar-refractivity contribution in [3.63, 3.8) is 0 Å². The second-order valence-corrected chi connectivity index (χ2v) is 9.08. The molecule has 1 aliphatic heterocycles. The van der Waals surface area contributed by atoms with Gasteiger partial charge in [0, 0.05) is 17.8 Å². The first-order valence-electron chi connectivity index (χ1n) is 10.2. The standard InChI is InChI=1S/C24H20ClN3O5S/c1-14-3-10-21(33-2)20(11-14)27-22(29)13-34-24(27)15-4-6-16(7-5-15)26-23(30)18-9-8-17(28(31)32)12-19(18)25/h3-12,24H,13H2,1-2H3,(H,26,30). The predicted molar refractivity (Wildman–Crippen MR) is 133 cm³/mol. The number of hydrogen-bond acceptors (Lipinski definition) is 6. The summed E-state index contributed by atoms with van der Waals surface area (Å²) in [6, 6.07) is 16.6. The third kappa shape index (κ3) is 4.71. The highest BCUT2D eigenvalue weighted by Gasteiger charge is 2.35. The summed E-state index contributed by atoms with van der Waals surface area (Å²) in [5.74, 6) is 0.474. The summed E-state index contributed by atoms with van der Waals surface area (Å²) in [6.07, 6.45) is 0. The van der Waals surface area contributed by atoms with Crippen LogP contribution in [0.25, 0.3) is 0 Å². The number of anilines is 2. The molecule has 0 aromatic heterocycles. The molecule has 0 radical (unpaired) electrons. The number of nitro benzene ring substituents is 1. The number of nitrogens with zero attached hydrogens (tertiary/aromatic N) is 2. The van der Waals surface area contributed by atoms with Crippen LogP contribution < -0.4 is 15.0 Å². The molecule has 174 valence electrons. The Morgan fingerprint density at radius 2 is 1.91 bits per heavy atom. The molecule has 2 amide bonds. The van der Waals surface area contributed by atoms with Gasteiger partial charge in [0.1, 0.15) is 11.1 Å². The molecule has 1 atom stereocenters. The van der Waals surface area contributed by atoms with Crippen LogP contribution in [0.2, 0.25) is 5.02 Å². The highest BCUT2D eigenvalue weighted by molar-refractivity contribution is 8.00. The van der Waals surface area contributed by atoms with E-state index in [1.54, 1.807) is 24.1 Å². The topological polar surface area (TPSA) is 102 Å². The van der Waals surface area contributed by atoms with E-state index in [2.05, 4.69) is 5.32 Å². The summed E-state index contributed by atoms with van der Waals surface area (Å²) in [4.78, 5) is 37.4. The number of thioether (sulfide) groups is 1. The minimum Gasteiger partial charge on any atom is -0.495 e. The van der Waals surface area contributed by atoms with Crippen LogP contribution in [0.5, 0.6) is 5.75 Å². The summed E-state index contributed by atoms with van der Waals surface area (Å²) < 4.78 is 5.48. The molecule has 1 heterocycles. The van der Waals surface area contributed by atoms with Gasteiger partial charge in [0.2, 0.25) is 5.91 Å². The maximum absolute atomic E-state index is 12.7. The molecule has 10 heteroatoms. The molecule has 3 aromatic rings. The number of carbonyl (C=O) groups excluding carboxylic acids is 2. The van der Waals surface area contributed by atoms with Crippen LogP contribution in [-0.2, 0) is 4.79 Å². The number of nitrogens with one attached hydrogen (secondary N) is 1. The van der Waals surface area contributed by atoms with Gasteiger partial charge >= 0.3 is 0 Å². The lowest BCUT2D eigenvalue weighted by Crippen LogP contribution is -2.28. The van der Waals surface area contributed by atoms with Gasteiger partial charge in [-0.1, -0.05) is 29.8 Å². The fraction of sp³-hybridized carbons (Fsp3) is 0.167. The highest BCUT2D eigenvalue weighted by Crippen LogP contribution is 2.45. The molecule has 34 heavy (non-hydrogen) atoms. The van der Waals surface area contributed by atoms with Crippen LogP contribution >= 0.6 is 23.4 Å². The maximum atomic E-state index is 12.7. The minimum absolute atomic E-state index is 0.00747. The van der Waals surface area contributed by atoms with Gasteiger partial charge in [-0.3, -0.25) is 24.6 Å². The quantitative estimate of drug-likeness (QED) is 0.351. The summed E-state index contributed by atoms with van der Waals surface area (Å²) in [7, 11) is 1.57. The fourth-order valence-corrected chi connectivity index (χ4v) is 5.08. The SMILES string of the molecule is COc1ccc(C)cc1N1C(=O)CSC1c1ccc(NC(=O)c2ccc([N+](=O)[O-])cc2Cl)cc1. The van der Waals surface area contributed by atoms with E-state index in [4.69, 9.17) is 16.3 Å². The molecule has 4 rings (SSSR count). The van der Waals surface area contributed by atoms with Crippen molar-refractivity contribution in [1.29, 1.82) is 0 Å². The summed E-state index contributed by atoms with van der Waals surface area (Å²) in [6.45, 7) is 1.96. The number of aryl methyl sites for hydroxylation is 1. The summed E-state index contributed by atoms with van der Waals surface area (Å²) in [5.41, 5.74) is 3.09. The van der Waals surface area contributed by atoms with Crippen molar-refractivity contribution >= 4 is 52.2 Å². The number of amides is 2. The Balaban J connectivity index is 1.54. The summed E-state index contributed by atoms with van der Waals surface area (Å²) >= 11 is 7.57. The molecule has 3 aromatic carbocycles. The van der Waals surface area contributed by atoms with Crippen molar-refractivity contribution in [2.45, 2.75) is 12.3 Å². The molecule has 8 nitrogen and oxygen atoms in total. The van der Waals surface area contributed by atoms with E-state index in [0.29, 0.717) is 22.9 Å². The Hall–Kier alpha value is -3.56. The lowest BCUT2D eigenvalue weighted by Gasteiger charge is -2.26. The van der Waals surface area contributed by atoms with Crippen molar-refractivity contribution in [3.8, 4) is 5.75 Å². The Kier molecular flexibility index (Phi) is 6.76. The number of hydrogen-bond donors (Lipinski definition) is 1. The van der Waals surface area contributed by atoms with Crippen molar-refractivity contribution in [2.24, 2.45) is 0 Å². The number of halogens is 1. The van der Waals surface area contributed by atoms with Gasteiger partial charge in [-0.2, -0.15) is 0 Å². The second-order valence-electron chi connectivity index (χ2n) is 7.60. The van der Waals surface area contributed by atoms with Crippen molar-refractivity contribution < 1.29 is 19.2 Å². The number of benzene rings is 3. The number of non-ortho nitro benzene ring substituents is 1. The number of rotatable bonds is 6. The van der Waals surface area contributed by atoms with E-state index in [0.717, 1.165) is 17.2 Å². The van der Waals surface area contributed by atoms with E-state index in [9.17, 15) is 19.7 Å². The monoisotopic (exact) mass is 497 g/mol. The van der Waals surface area contributed by atoms with Gasteiger partial charge in [-0.15, -0.1) is 11.8 Å². The highest BCUT2D eigenvalue weighted by atomic mass is 35.5. The average molecular weight is 498 g/mol. The number of carbonyl (C=O) groups is 2. The predicted octanol–water partition coefficient (Wildman–Crippen LogP) is 5.60. The first-order valence-corrected chi connectivity index (χ1v) is 11.6. The van der Waals surface area contributed by atoms with Crippen LogP contribution in [0.1, 0.15) is 26.9 Å². The third-order valence-corrected chi connectivity index (χ3v) is 6.85. The molecule has 1 saturated heterocycles. The van der Waals surface area contributed by atoms with E-state index in [-0.39, 0.29) is 27.6 Å². The maximum Gasteiger partial charge on any atom is 0.270 e. The average Bonchev–Trinajstić information content (AvgIpc) is 3.20. The van der Waals surface area contributed by atoms with Gasteiger partial charge in [0.05, 0.1) is 34.1 Å². The van der Waals surface area contributed by atoms with E-state index < -0.39 is 10.8 Å². The molecule has 0 bridgehead atoms. The van der Waals surface area contributed by atoms with Gasteiger partial charge in [-0.25, -0.2) is 0 Å². The lowest BCUT2D eigenvalue weighted by molar-refractivity contribution is -0.384. The molecule has 0 aliphatic carbocycles. The molecule has 1 fully saturated rings. The third-order valence-electron chi connectivity index (χ3n) is 5.32.